The quantitative estimate of drug-likeness (QED) is 0.886. The Morgan fingerprint density at radius 1 is 1.71 bits per heavy atom. The van der Waals surface area contributed by atoms with Gasteiger partial charge in [-0.2, -0.15) is 0 Å². The van der Waals surface area contributed by atoms with Gasteiger partial charge in [0.1, 0.15) is 4.34 Å². The average Bonchev–Trinajstić information content (AvgIpc) is 2.67. The molecule has 1 aliphatic rings. The smallest absolute Gasteiger partial charge is 0.107 e. The van der Waals surface area contributed by atoms with E-state index in [-0.39, 0.29) is 0 Å². The molecule has 1 fully saturated rings. The molecule has 5 heteroatoms. The molecule has 0 amide bonds. The SMILES string of the molecule is CCNC(c1cc(Br)c(Cl)s1)C1CCCOC1. The first kappa shape index (κ1) is 13.8. The highest BCUT2D eigenvalue weighted by Crippen LogP contribution is 2.39. The third-order valence-electron chi connectivity index (χ3n) is 3.06. The molecule has 0 aliphatic carbocycles. The number of hydrogen-bond donors (Lipinski definition) is 1. The van der Waals surface area contributed by atoms with Crippen LogP contribution in [0.3, 0.4) is 0 Å². The highest BCUT2D eigenvalue weighted by Gasteiger charge is 2.26. The fourth-order valence-corrected chi connectivity index (χ4v) is 4.17. The first-order chi connectivity index (χ1) is 8.22. The Morgan fingerprint density at radius 2 is 2.53 bits per heavy atom. The second-order valence-corrected chi connectivity index (χ2v) is 6.82. The molecule has 0 saturated carbocycles. The van der Waals surface area contributed by atoms with Crippen LogP contribution in [0.25, 0.3) is 0 Å². The summed E-state index contributed by atoms with van der Waals surface area (Å²) in [4.78, 5) is 1.30. The van der Waals surface area contributed by atoms with E-state index >= 15 is 0 Å². The van der Waals surface area contributed by atoms with Gasteiger partial charge in [0.25, 0.3) is 0 Å². The highest BCUT2D eigenvalue weighted by atomic mass is 79.9. The average molecular weight is 339 g/mol. The summed E-state index contributed by atoms with van der Waals surface area (Å²) in [6.45, 7) is 4.87. The van der Waals surface area contributed by atoms with E-state index in [4.69, 9.17) is 16.3 Å². The largest absolute Gasteiger partial charge is 0.381 e. The Hall–Kier alpha value is 0.390. The predicted octanol–water partition coefficient (Wildman–Crippen LogP) is 4.24. The zero-order valence-electron chi connectivity index (χ0n) is 9.84. The van der Waals surface area contributed by atoms with Gasteiger partial charge in [-0.25, -0.2) is 0 Å². The van der Waals surface area contributed by atoms with E-state index in [1.54, 1.807) is 11.3 Å². The molecule has 1 aromatic rings. The minimum atomic E-state index is 0.370. The zero-order valence-corrected chi connectivity index (χ0v) is 13.0. The Kier molecular flexibility index (Phi) is 5.30. The van der Waals surface area contributed by atoms with Gasteiger partial charge < -0.3 is 10.1 Å². The number of hydrogen-bond acceptors (Lipinski definition) is 3. The Morgan fingerprint density at radius 3 is 3.06 bits per heavy atom. The standard InChI is InChI=1S/C12H17BrClNOS/c1-2-15-11(8-4-3-5-16-7-8)10-6-9(13)12(14)17-10/h6,8,11,15H,2-5,7H2,1H3. The van der Waals surface area contributed by atoms with Crippen LogP contribution in [0.4, 0.5) is 0 Å². The van der Waals surface area contributed by atoms with Gasteiger partial charge in [0.2, 0.25) is 0 Å². The molecule has 17 heavy (non-hydrogen) atoms. The number of ether oxygens (including phenoxy) is 1. The molecule has 0 spiro atoms. The predicted molar refractivity (Wildman–Crippen MR) is 77.0 cm³/mol. The van der Waals surface area contributed by atoms with Crippen molar-refractivity contribution >= 4 is 38.9 Å². The van der Waals surface area contributed by atoms with Crippen molar-refractivity contribution in [3.8, 4) is 0 Å². The summed E-state index contributed by atoms with van der Waals surface area (Å²) in [5, 5.41) is 3.56. The molecule has 2 unspecified atom stereocenters. The van der Waals surface area contributed by atoms with Crippen LogP contribution in [0.2, 0.25) is 4.34 Å². The van der Waals surface area contributed by atoms with Crippen molar-refractivity contribution in [2.45, 2.75) is 25.8 Å². The normalized spacial score (nSPS) is 22.6. The van der Waals surface area contributed by atoms with Crippen molar-refractivity contribution in [1.29, 1.82) is 0 Å². The minimum Gasteiger partial charge on any atom is -0.381 e. The number of rotatable bonds is 4. The Labute approximate surface area is 120 Å². The van der Waals surface area contributed by atoms with E-state index in [1.807, 2.05) is 0 Å². The van der Waals surface area contributed by atoms with Crippen LogP contribution in [-0.4, -0.2) is 19.8 Å². The molecule has 1 saturated heterocycles. The van der Waals surface area contributed by atoms with E-state index in [9.17, 15) is 0 Å². The molecular weight excluding hydrogens is 322 g/mol. The van der Waals surface area contributed by atoms with Gasteiger partial charge in [0.05, 0.1) is 6.61 Å². The lowest BCUT2D eigenvalue weighted by atomic mass is 9.92. The van der Waals surface area contributed by atoms with Gasteiger partial charge in [-0.1, -0.05) is 18.5 Å². The summed E-state index contributed by atoms with van der Waals surface area (Å²) in [7, 11) is 0. The van der Waals surface area contributed by atoms with Gasteiger partial charge in [-0.05, 0) is 41.4 Å². The summed E-state index contributed by atoms with van der Waals surface area (Å²) in [5.74, 6) is 0.560. The van der Waals surface area contributed by atoms with E-state index in [2.05, 4.69) is 34.2 Å². The fraction of sp³-hybridized carbons (Fsp3) is 0.667. The van der Waals surface area contributed by atoms with Gasteiger partial charge in [-0.3, -0.25) is 0 Å². The molecule has 2 atom stereocenters. The summed E-state index contributed by atoms with van der Waals surface area (Å²) < 4.78 is 7.42. The molecular formula is C12H17BrClNOS. The number of thiophene rings is 1. The van der Waals surface area contributed by atoms with E-state index in [0.717, 1.165) is 35.0 Å². The maximum Gasteiger partial charge on any atom is 0.107 e. The molecule has 1 N–H and O–H groups in total. The lowest BCUT2D eigenvalue weighted by molar-refractivity contribution is 0.0398. The van der Waals surface area contributed by atoms with Crippen LogP contribution in [0.15, 0.2) is 10.5 Å². The first-order valence-electron chi connectivity index (χ1n) is 5.98. The summed E-state index contributed by atoms with van der Waals surface area (Å²) in [6.07, 6.45) is 2.39. The molecule has 0 radical (unpaired) electrons. The van der Waals surface area contributed by atoms with E-state index in [0.29, 0.717) is 12.0 Å². The maximum atomic E-state index is 6.13. The van der Waals surface area contributed by atoms with Crippen molar-refractivity contribution in [3.63, 3.8) is 0 Å². The van der Waals surface area contributed by atoms with Crippen LogP contribution in [0.5, 0.6) is 0 Å². The monoisotopic (exact) mass is 337 g/mol. The minimum absolute atomic E-state index is 0.370. The molecule has 2 rings (SSSR count). The zero-order chi connectivity index (χ0) is 12.3. The molecule has 1 aromatic heterocycles. The second-order valence-electron chi connectivity index (χ2n) is 4.28. The van der Waals surface area contributed by atoms with Crippen molar-refractivity contribution < 1.29 is 4.74 Å². The van der Waals surface area contributed by atoms with Gasteiger partial charge in [0.15, 0.2) is 0 Å². The maximum absolute atomic E-state index is 6.13. The number of nitrogens with one attached hydrogen (secondary N) is 1. The Bertz CT molecular complexity index is 346. The van der Waals surface area contributed by atoms with Crippen LogP contribution in [-0.2, 0) is 4.74 Å². The summed E-state index contributed by atoms with van der Waals surface area (Å²) >= 11 is 11.3. The highest BCUT2D eigenvalue weighted by molar-refractivity contribution is 9.10. The van der Waals surface area contributed by atoms with E-state index < -0.39 is 0 Å². The lowest BCUT2D eigenvalue weighted by Crippen LogP contribution is -2.32. The summed E-state index contributed by atoms with van der Waals surface area (Å²) in [5.41, 5.74) is 0. The van der Waals surface area contributed by atoms with Crippen molar-refractivity contribution in [3.05, 3.63) is 19.8 Å². The van der Waals surface area contributed by atoms with Crippen LogP contribution in [0.1, 0.15) is 30.7 Å². The van der Waals surface area contributed by atoms with Crippen LogP contribution >= 0.6 is 38.9 Å². The van der Waals surface area contributed by atoms with Crippen molar-refractivity contribution in [1.82, 2.24) is 5.32 Å². The first-order valence-corrected chi connectivity index (χ1v) is 7.97. The van der Waals surface area contributed by atoms with Crippen molar-refractivity contribution in [2.24, 2.45) is 5.92 Å². The second kappa shape index (κ2) is 6.53. The van der Waals surface area contributed by atoms with Crippen molar-refractivity contribution in [2.75, 3.05) is 19.8 Å². The third-order valence-corrected chi connectivity index (χ3v) is 5.62. The van der Waals surface area contributed by atoms with Gasteiger partial charge >= 0.3 is 0 Å². The lowest BCUT2D eigenvalue weighted by Gasteiger charge is -2.30. The molecule has 0 aromatic carbocycles. The van der Waals surface area contributed by atoms with Crippen LogP contribution < -0.4 is 5.32 Å². The third kappa shape index (κ3) is 3.44. The molecule has 96 valence electrons. The summed E-state index contributed by atoms with van der Waals surface area (Å²) in [6, 6.07) is 2.50. The topological polar surface area (TPSA) is 21.3 Å². The van der Waals surface area contributed by atoms with Crippen LogP contribution in [0, 0.1) is 5.92 Å². The molecule has 1 aliphatic heterocycles. The molecule has 0 bridgehead atoms. The van der Waals surface area contributed by atoms with Gasteiger partial charge in [-0.15, -0.1) is 11.3 Å². The Balaban J connectivity index is 2.15. The number of halogens is 2. The molecule has 2 heterocycles. The molecule has 2 nitrogen and oxygen atoms in total. The van der Waals surface area contributed by atoms with Gasteiger partial charge in [0, 0.05) is 27.9 Å². The fourth-order valence-electron chi connectivity index (χ4n) is 2.26. The van der Waals surface area contributed by atoms with E-state index in [1.165, 1.54) is 11.3 Å².